The molecule has 7 atom stereocenters. The Hall–Kier alpha value is -0.190. The van der Waals surface area contributed by atoms with Crippen molar-refractivity contribution >= 4 is 11.6 Å². The first-order valence-corrected chi connectivity index (χ1v) is 10.2. The van der Waals surface area contributed by atoms with E-state index in [2.05, 4.69) is 25.1 Å². The number of halogens is 1. The molecule has 4 aliphatic rings. The monoisotopic (exact) mass is 334 g/mol. The Kier molecular flexibility index (Phi) is 3.83. The van der Waals surface area contributed by atoms with Gasteiger partial charge in [-0.05, 0) is 92.1 Å². The fourth-order valence-corrected chi connectivity index (χ4v) is 7.75. The first kappa shape index (κ1) is 16.3. The maximum Gasteiger partial charge on any atom is 0.132 e. The van der Waals surface area contributed by atoms with Gasteiger partial charge in [0.15, 0.2) is 0 Å². The van der Waals surface area contributed by atoms with Crippen molar-refractivity contribution in [2.75, 3.05) is 0 Å². The van der Waals surface area contributed by atoms with Crippen LogP contribution in [0.4, 0.5) is 0 Å². The SMILES string of the molecule is C[C@]12CCCC[C@H]1CC[C@@H]1[C@@H]2CC[C@@]2(C)[C@H]1CC[C@@]2(O)C#CCl. The molecule has 4 rings (SSSR count). The normalized spacial score (nSPS) is 55.1. The van der Waals surface area contributed by atoms with Crippen molar-refractivity contribution in [3.05, 3.63) is 0 Å². The molecular formula is C21H31ClO. The molecule has 0 amide bonds. The summed E-state index contributed by atoms with van der Waals surface area (Å²) in [6, 6.07) is 0. The second kappa shape index (κ2) is 5.40. The minimum Gasteiger partial charge on any atom is -0.377 e. The molecule has 1 N–H and O–H groups in total. The van der Waals surface area contributed by atoms with Gasteiger partial charge in [-0.25, -0.2) is 0 Å². The van der Waals surface area contributed by atoms with Crippen molar-refractivity contribution in [2.45, 2.75) is 83.7 Å². The quantitative estimate of drug-likeness (QED) is 0.592. The molecule has 0 unspecified atom stereocenters. The van der Waals surface area contributed by atoms with Crippen LogP contribution in [0.1, 0.15) is 78.1 Å². The van der Waals surface area contributed by atoms with Gasteiger partial charge >= 0.3 is 0 Å². The zero-order valence-electron chi connectivity index (χ0n) is 14.7. The molecule has 0 radical (unpaired) electrons. The van der Waals surface area contributed by atoms with Gasteiger partial charge in [0, 0.05) is 10.8 Å². The molecule has 128 valence electrons. The second-order valence-corrected chi connectivity index (χ2v) is 9.67. The van der Waals surface area contributed by atoms with Gasteiger partial charge in [-0.15, -0.1) is 0 Å². The van der Waals surface area contributed by atoms with E-state index >= 15 is 0 Å². The van der Waals surface area contributed by atoms with Crippen LogP contribution < -0.4 is 0 Å². The van der Waals surface area contributed by atoms with Gasteiger partial charge in [0.25, 0.3) is 0 Å². The molecule has 4 fully saturated rings. The molecule has 0 aromatic rings. The Balaban J connectivity index is 1.66. The van der Waals surface area contributed by atoms with E-state index in [1.165, 1.54) is 44.9 Å². The molecule has 0 aromatic heterocycles. The zero-order chi connectivity index (χ0) is 16.3. The summed E-state index contributed by atoms with van der Waals surface area (Å²) in [6.07, 6.45) is 13.0. The molecule has 0 bridgehead atoms. The number of aliphatic hydroxyl groups is 1. The van der Waals surface area contributed by atoms with Gasteiger partial charge in [0.1, 0.15) is 5.60 Å². The van der Waals surface area contributed by atoms with Crippen LogP contribution in [0.5, 0.6) is 0 Å². The van der Waals surface area contributed by atoms with Crippen molar-refractivity contribution in [1.82, 2.24) is 0 Å². The summed E-state index contributed by atoms with van der Waals surface area (Å²) < 4.78 is 0. The molecule has 23 heavy (non-hydrogen) atoms. The van der Waals surface area contributed by atoms with Crippen molar-refractivity contribution in [1.29, 1.82) is 0 Å². The molecule has 1 nitrogen and oxygen atoms in total. The largest absolute Gasteiger partial charge is 0.377 e. The smallest absolute Gasteiger partial charge is 0.132 e. The van der Waals surface area contributed by atoms with E-state index in [9.17, 15) is 5.11 Å². The predicted molar refractivity (Wildman–Crippen MR) is 94.9 cm³/mol. The summed E-state index contributed by atoms with van der Waals surface area (Å²) in [5.74, 6) is 6.28. The van der Waals surface area contributed by atoms with Gasteiger partial charge in [-0.2, -0.15) is 0 Å². The lowest BCUT2D eigenvalue weighted by molar-refractivity contribution is -0.134. The fraction of sp³-hybridized carbons (Fsp3) is 0.905. The summed E-state index contributed by atoms with van der Waals surface area (Å²) in [5, 5.41) is 13.7. The zero-order valence-corrected chi connectivity index (χ0v) is 15.5. The average molecular weight is 335 g/mol. The van der Waals surface area contributed by atoms with E-state index in [0.29, 0.717) is 11.3 Å². The van der Waals surface area contributed by atoms with Crippen molar-refractivity contribution in [2.24, 2.45) is 34.5 Å². The summed E-state index contributed by atoms with van der Waals surface area (Å²) in [5.41, 5.74) is -0.329. The van der Waals surface area contributed by atoms with Gasteiger partial charge in [0.05, 0.1) is 0 Å². The molecule has 0 saturated heterocycles. The van der Waals surface area contributed by atoms with E-state index in [4.69, 9.17) is 11.6 Å². The predicted octanol–water partition coefficient (Wildman–Crippen LogP) is 5.35. The Morgan fingerprint density at radius 2 is 1.70 bits per heavy atom. The molecule has 2 heteroatoms. The minimum atomic E-state index is -0.852. The highest BCUT2D eigenvalue weighted by molar-refractivity contribution is 6.30. The second-order valence-electron chi connectivity index (χ2n) is 9.48. The van der Waals surface area contributed by atoms with E-state index in [0.717, 1.165) is 37.0 Å². The van der Waals surface area contributed by atoms with E-state index in [1.807, 2.05) is 0 Å². The highest BCUT2D eigenvalue weighted by atomic mass is 35.5. The number of fused-ring (bicyclic) bond motifs is 5. The lowest BCUT2D eigenvalue weighted by Gasteiger charge is -2.60. The van der Waals surface area contributed by atoms with Crippen LogP contribution in [0.15, 0.2) is 0 Å². The van der Waals surface area contributed by atoms with Gasteiger partial charge in [0.2, 0.25) is 0 Å². The maximum absolute atomic E-state index is 11.2. The number of rotatable bonds is 0. The number of hydrogen-bond donors (Lipinski definition) is 1. The van der Waals surface area contributed by atoms with Crippen molar-refractivity contribution in [3.63, 3.8) is 0 Å². The Morgan fingerprint density at radius 3 is 2.48 bits per heavy atom. The standard InChI is InChI=1S/C21H31ClO/c1-19-10-4-3-5-15(19)6-7-16-17(19)8-11-20(2)18(16)9-12-21(20,23)13-14-22/h15-18,23H,3-12H2,1-2H3/t15-,16+,17-,18-,19-,20-,21+/m0/s1. The van der Waals surface area contributed by atoms with Gasteiger partial charge < -0.3 is 5.11 Å². The van der Waals surface area contributed by atoms with Gasteiger partial charge in [-0.1, -0.05) is 32.6 Å². The van der Waals surface area contributed by atoms with Crippen LogP contribution in [-0.4, -0.2) is 10.7 Å². The topological polar surface area (TPSA) is 20.2 Å². The summed E-state index contributed by atoms with van der Waals surface area (Å²) in [4.78, 5) is 0. The van der Waals surface area contributed by atoms with Crippen molar-refractivity contribution < 1.29 is 5.11 Å². The molecule has 4 saturated carbocycles. The Bertz CT molecular complexity index is 548. The van der Waals surface area contributed by atoms with Crippen LogP contribution >= 0.6 is 11.6 Å². The van der Waals surface area contributed by atoms with Crippen LogP contribution in [0.3, 0.4) is 0 Å². The molecule has 0 aromatic carbocycles. The summed E-state index contributed by atoms with van der Waals surface area (Å²) in [7, 11) is 0. The summed E-state index contributed by atoms with van der Waals surface area (Å²) in [6.45, 7) is 4.91. The van der Waals surface area contributed by atoms with Crippen LogP contribution in [-0.2, 0) is 0 Å². The van der Waals surface area contributed by atoms with E-state index in [-0.39, 0.29) is 5.41 Å². The highest BCUT2D eigenvalue weighted by Crippen LogP contribution is 2.68. The molecule has 0 aliphatic heterocycles. The molecular weight excluding hydrogens is 304 g/mol. The van der Waals surface area contributed by atoms with Crippen LogP contribution in [0, 0.1) is 45.8 Å². The maximum atomic E-state index is 11.2. The van der Waals surface area contributed by atoms with Crippen LogP contribution in [0.25, 0.3) is 0 Å². The lowest BCUT2D eigenvalue weighted by Crippen LogP contribution is -2.55. The third-order valence-electron chi connectivity index (χ3n) is 8.99. The summed E-state index contributed by atoms with van der Waals surface area (Å²) >= 11 is 5.69. The number of hydrogen-bond acceptors (Lipinski definition) is 1. The first-order chi connectivity index (χ1) is 10.9. The first-order valence-electron chi connectivity index (χ1n) is 9.80. The van der Waals surface area contributed by atoms with E-state index in [1.54, 1.807) is 0 Å². The van der Waals surface area contributed by atoms with E-state index < -0.39 is 5.60 Å². The molecule has 4 aliphatic carbocycles. The fourth-order valence-electron chi connectivity index (χ4n) is 7.59. The average Bonchev–Trinajstić information content (AvgIpc) is 2.79. The van der Waals surface area contributed by atoms with Crippen LogP contribution in [0.2, 0.25) is 0 Å². The third-order valence-corrected chi connectivity index (χ3v) is 9.08. The molecule has 0 heterocycles. The Morgan fingerprint density at radius 1 is 0.913 bits per heavy atom. The Labute approximate surface area is 146 Å². The third kappa shape index (κ3) is 2.10. The lowest BCUT2D eigenvalue weighted by atomic mass is 9.44. The van der Waals surface area contributed by atoms with Gasteiger partial charge in [-0.3, -0.25) is 0 Å². The van der Waals surface area contributed by atoms with Crippen molar-refractivity contribution in [3.8, 4) is 11.3 Å². The minimum absolute atomic E-state index is 0.0477. The highest BCUT2D eigenvalue weighted by Gasteiger charge is 2.64. The molecule has 0 spiro atoms.